The minimum absolute atomic E-state index is 0.0811. The Morgan fingerprint density at radius 1 is 1.33 bits per heavy atom. The molecule has 1 aliphatic heterocycles. The highest BCUT2D eigenvalue weighted by molar-refractivity contribution is 5.91. The van der Waals surface area contributed by atoms with Gasteiger partial charge in [-0.15, -0.1) is 0 Å². The number of nitriles is 1. The fourth-order valence-corrected chi connectivity index (χ4v) is 2.65. The average molecular weight is 329 g/mol. The maximum Gasteiger partial charge on any atom is 0.244 e. The van der Waals surface area contributed by atoms with Gasteiger partial charge in [-0.3, -0.25) is 9.59 Å². The van der Waals surface area contributed by atoms with Crippen LogP contribution in [0.2, 0.25) is 0 Å². The maximum atomic E-state index is 13.4. The van der Waals surface area contributed by atoms with Crippen molar-refractivity contribution in [2.45, 2.75) is 19.3 Å². The van der Waals surface area contributed by atoms with Crippen LogP contribution in [0.4, 0.5) is 4.39 Å². The third kappa shape index (κ3) is 5.20. The zero-order valence-electron chi connectivity index (χ0n) is 13.4. The summed E-state index contributed by atoms with van der Waals surface area (Å²) in [5.74, 6) is -0.452. The lowest BCUT2D eigenvalue weighted by atomic mass is 9.96. The Morgan fingerprint density at radius 2 is 2.04 bits per heavy atom. The van der Waals surface area contributed by atoms with E-state index in [0.717, 1.165) is 12.8 Å². The van der Waals surface area contributed by atoms with Crippen molar-refractivity contribution < 1.29 is 14.0 Å². The van der Waals surface area contributed by atoms with Crippen LogP contribution in [0.25, 0.3) is 6.08 Å². The molecule has 1 aromatic carbocycles. The second kappa shape index (κ2) is 8.82. The molecule has 1 aromatic rings. The lowest BCUT2D eigenvalue weighted by Gasteiger charge is -2.31. The first-order valence-electron chi connectivity index (χ1n) is 7.95. The molecular weight excluding hydrogens is 309 g/mol. The number of hydrogen-bond donors (Lipinski definition) is 1. The van der Waals surface area contributed by atoms with Gasteiger partial charge in [0.2, 0.25) is 11.8 Å². The molecule has 0 aromatic heterocycles. The third-order valence-corrected chi connectivity index (χ3v) is 4.08. The number of hydrogen-bond acceptors (Lipinski definition) is 3. The van der Waals surface area contributed by atoms with Crippen LogP contribution in [0.5, 0.6) is 0 Å². The highest BCUT2D eigenvalue weighted by Crippen LogP contribution is 2.17. The molecule has 0 saturated carbocycles. The Morgan fingerprint density at radius 3 is 2.71 bits per heavy atom. The smallest absolute Gasteiger partial charge is 0.244 e. The van der Waals surface area contributed by atoms with Gasteiger partial charge >= 0.3 is 0 Å². The molecule has 0 spiro atoms. The van der Waals surface area contributed by atoms with Gasteiger partial charge in [-0.1, -0.05) is 18.2 Å². The Labute approximate surface area is 140 Å². The molecule has 0 atom stereocenters. The highest BCUT2D eigenvalue weighted by atomic mass is 19.1. The maximum absolute atomic E-state index is 13.4. The largest absolute Gasteiger partial charge is 0.352 e. The van der Waals surface area contributed by atoms with Crippen molar-refractivity contribution in [3.63, 3.8) is 0 Å². The number of carbonyl (C=O) groups excluding carboxylic acids is 2. The molecule has 0 radical (unpaired) electrons. The van der Waals surface area contributed by atoms with Gasteiger partial charge in [0.1, 0.15) is 12.2 Å². The fraction of sp³-hybridized carbons (Fsp3) is 0.389. The van der Waals surface area contributed by atoms with E-state index in [1.807, 2.05) is 6.07 Å². The van der Waals surface area contributed by atoms with Crippen LogP contribution in [0.15, 0.2) is 30.3 Å². The third-order valence-electron chi connectivity index (χ3n) is 4.08. The quantitative estimate of drug-likeness (QED) is 0.841. The van der Waals surface area contributed by atoms with Gasteiger partial charge in [-0.05, 0) is 30.9 Å². The van der Waals surface area contributed by atoms with E-state index in [1.165, 1.54) is 18.2 Å². The fourth-order valence-electron chi connectivity index (χ4n) is 2.65. The second-order valence-electron chi connectivity index (χ2n) is 5.76. The van der Waals surface area contributed by atoms with Gasteiger partial charge in [0.25, 0.3) is 0 Å². The van der Waals surface area contributed by atoms with E-state index in [9.17, 15) is 14.0 Å². The van der Waals surface area contributed by atoms with Gasteiger partial charge in [-0.2, -0.15) is 5.26 Å². The Bertz CT molecular complexity index is 658. The van der Waals surface area contributed by atoms with Gasteiger partial charge < -0.3 is 10.2 Å². The van der Waals surface area contributed by atoms with E-state index in [0.29, 0.717) is 31.1 Å². The molecule has 1 saturated heterocycles. The summed E-state index contributed by atoms with van der Waals surface area (Å²) >= 11 is 0. The molecule has 2 amide bonds. The van der Waals surface area contributed by atoms with Gasteiger partial charge in [0, 0.05) is 31.3 Å². The first kappa shape index (κ1) is 17.7. The number of nitrogens with zero attached hydrogens (tertiary/aromatic N) is 2. The number of benzene rings is 1. The molecule has 1 aliphatic rings. The number of nitrogens with one attached hydrogen (secondary N) is 1. The predicted molar refractivity (Wildman–Crippen MR) is 88.0 cm³/mol. The van der Waals surface area contributed by atoms with E-state index >= 15 is 0 Å². The SMILES string of the molecule is N#CCC(=O)N1CCC(CNC(=O)/C=C/c2ccccc2F)CC1. The zero-order valence-corrected chi connectivity index (χ0v) is 13.4. The zero-order chi connectivity index (χ0) is 17.4. The summed E-state index contributed by atoms with van der Waals surface area (Å²) in [4.78, 5) is 25.1. The van der Waals surface area contributed by atoms with Gasteiger partial charge in [0.15, 0.2) is 0 Å². The number of rotatable bonds is 5. The summed E-state index contributed by atoms with van der Waals surface area (Å²) in [5.41, 5.74) is 0.372. The summed E-state index contributed by atoms with van der Waals surface area (Å²) in [5, 5.41) is 11.3. The predicted octanol–water partition coefficient (Wildman–Crippen LogP) is 2.11. The normalized spacial score (nSPS) is 15.2. The molecule has 1 heterocycles. The molecular formula is C18H20FN3O2. The van der Waals surface area contributed by atoms with E-state index < -0.39 is 0 Å². The summed E-state index contributed by atoms with van der Waals surface area (Å²) in [6, 6.07) is 8.12. The molecule has 2 rings (SSSR count). The van der Waals surface area contributed by atoms with Crippen LogP contribution in [-0.4, -0.2) is 36.3 Å². The topological polar surface area (TPSA) is 73.2 Å². The van der Waals surface area contributed by atoms with Crippen molar-refractivity contribution in [3.8, 4) is 6.07 Å². The monoisotopic (exact) mass is 329 g/mol. The average Bonchev–Trinajstić information content (AvgIpc) is 2.60. The van der Waals surface area contributed by atoms with Crippen molar-refractivity contribution in [3.05, 3.63) is 41.7 Å². The molecule has 0 bridgehead atoms. The molecule has 126 valence electrons. The summed E-state index contributed by atoms with van der Waals surface area (Å²) in [6.07, 6.45) is 4.29. The number of likely N-dealkylation sites (tertiary alicyclic amines) is 1. The molecule has 0 aliphatic carbocycles. The van der Waals surface area contributed by atoms with Crippen LogP contribution in [0.3, 0.4) is 0 Å². The first-order chi connectivity index (χ1) is 11.6. The van der Waals surface area contributed by atoms with Crippen molar-refractivity contribution in [2.75, 3.05) is 19.6 Å². The molecule has 1 N–H and O–H groups in total. The van der Waals surface area contributed by atoms with Crippen LogP contribution < -0.4 is 5.32 Å². The highest BCUT2D eigenvalue weighted by Gasteiger charge is 2.22. The van der Waals surface area contributed by atoms with Crippen molar-refractivity contribution in [2.24, 2.45) is 5.92 Å². The summed E-state index contributed by atoms with van der Waals surface area (Å²) in [6.45, 7) is 1.76. The molecule has 0 unspecified atom stereocenters. The second-order valence-corrected chi connectivity index (χ2v) is 5.76. The standard InChI is InChI=1S/C18H20FN3O2/c19-16-4-2-1-3-15(16)5-6-17(23)21-13-14-8-11-22(12-9-14)18(24)7-10-20/h1-6,14H,7-9,11-13H2,(H,21,23)/b6-5+. The minimum atomic E-state index is -0.365. The molecule has 6 heteroatoms. The van der Waals surface area contributed by atoms with Crippen molar-refractivity contribution >= 4 is 17.9 Å². The summed E-state index contributed by atoms with van der Waals surface area (Å²) < 4.78 is 13.4. The van der Waals surface area contributed by atoms with E-state index in [-0.39, 0.29) is 24.1 Å². The number of carbonyl (C=O) groups is 2. The van der Waals surface area contributed by atoms with Crippen LogP contribution >= 0.6 is 0 Å². The lowest BCUT2D eigenvalue weighted by molar-refractivity contribution is -0.131. The summed E-state index contributed by atoms with van der Waals surface area (Å²) in [7, 11) is 0. The molecule has 24 heavy (non-hydrogen) atoms. The van der Waals surface area contributed by atoms with E-state index in [4.69, 9.17) is 5.26 Å². The van der Waals surface area contributed by atoms with E-state index in [2.05, 4.69) is 5.32 Å². The van der Waals surface area contributed by atoms with E-state index in [1.54, 1.807) is 23.1 Å². The van der Waals surface area contributed by atoms with Crippen LogP contribution in [0, 0.1) is 23.1 Å². The lowest BCUT2D eigenvalue weighted by Crippen LogP contribution is -2.41. The van der Waals surface area contributed by atoms with Crippen molar-refractivity contribution in [1.82, 2.24) is 10.2 Å². The number of halogens is 1. The Hall–Kier alpha value is -2.68. The number of piperidine rings is 1. The van der Waals surface area contributed by atoms with Crippen LogP contribution in [0.1, 0.15) is 24.8 Å². The Kier molecular flexibility index (Phi) is 6.50. The van der Waals surface area contributed by atoms with Crippen LogP contribution in [-0.2, 0) is 9.59 Å². The molecule has 5 nitrogen and oxygen atoms in total. The Balaban J connectivity index is 1.73. The first-order valence-corrected chi connectivity index (χ1v) is 7.95. The minimum Gasteiger partial charge on any atom is -0.352 e. The molecule has 1 fully saturated rings. The van der Waals surface area contributed by atoms with Gasteiger partial charge in [-0.25, -0.2) is 4.39 Å². The van der Waals surface area contributed by atoms with Gasteiger partial charge in [0.05, 0.1) is 6.07 Å². The van der Waals surface area contributed by atoms with Crippen molar-refractivity contribution in [1.29, 1.82) is 5.26 Å². The number of amides is 2.